The number of nitrogens with zero attached hydrogens (tertiary/aromatic N) is 1. The standard InChI is InChI=1S/C11H14N2O2/c1-2-9(11-12-6-7-13-11)15-10-5-3-4-8-14-10/h1,6-7,9-10H,3-5,8H2,(H,12,13)/t9-,10?/m0/s1. The lowest BCUT2D eigenvalue weighted by Gasteiger charge is -2.24. The third-order valence-electron chi connectivity index (χ3n) is 2.34. The number of H-pyrrole nitrogens is 1. The molecule has 1 fully saturated rings. The highest BCUT2D eigenvalue weighted by Crippen LogP contribution is 2.21. The van der Waals surface area contributed by atoms with Crippen LogP contribution in [0.4, 0.5) is 0 Å². The second kappa shape index (κ2) is 4.96. The summed E-state index contributed by atoms with van der Waals surface area (Å²) in [7, 11) is 0. The van der Waals surface area contributed by atoms with Gasteiger partial charge in [0.05, 0.1) is 0 Å². The Morgan fingerprint density at radius 3 is 3.20 bits per heavy atom. The van der Waals surface area contributed by atoms with Crippen LogP contribution in [0.3, 0.4) is 0 Å². The molecule has 1 saturated heterocycles. The summed E-state index contributed by atoms with van der Waals surface area (Å²) in [5.74, 6) is 3.21. The molecule has 4 nitrogen and oxygen atoms in total. The van der Waals surface area contributed by atoms with Crippen LogP contribution in [0.15, 0.2) is 12.4 Å². The van der Waals surface area contributed by atoms with Gasteiger partial charge in [-0.15, -0.1) is 6.42 Å². The third-order valence-corrected chi connectivity index (χ3v) is 2.34. The topological polar surface area (TPSA) is 47.1 Å². The number of aromatic amines is 1. The zero-order chi connectivity index (χ0) is 10.5. The minimum Gasteiger partial charge on any atom is -0.353 e. The molecular formula is C11H14N2O2. The van der Waals surface area contributed by atoms with Crippen LogP contribution < -0.4 is 0 Å². The molecule has 2 atom stereocenters. The molecule has 1 N–H and O–H groups in total. The van der Waals surface area contributed by atoms with Gasteiger partial charge in [-0.05, 0) is 19.3 Å². The molecule has 0 amide bonds. The largest absolute Gasteiger partial charge is 0.353 e. The van der Waals surface area contributed by atoms with Gasteiger partial charge in [-0.2, -0.15) is 0 Å². The number of hydrogen-bond donors (Lipinski definition) is 1. The molecule has 1 aromatic heterocycles. The number of aromatic nitrogens is 2. The predicted molar refractivity (Wildman–Crippen MR) is 54.8 cm³/mol. The quantitative estimate of drug-likeness (QED) is 0.764. The molecule has 80 valence electrons. The van der Waals surface area contributed by atoms with Crippen LogP contribution in [0.1, 0.15) is 31.2 Å². The molecule has 2 heterocycles. The Labute approximate surface area is 89.0 Å². The van der Waals surface area contributed by atoms with Crippen molar-refractivity contribution in [2.45, 2.75) is 31.7 Å². The number of terminal acetylenes is 1. The van der Waals surface area contributed by atoms with Gasteiger partial charge in [0.2, 0.25) is 0 Å². The second-order valence-corrected chi connectivity index (χ2v) is 3.45. The number of rotatable bonds is 3. The Hall–Kier alpha value is -1.31. The van der Waals surface area contributed by atoms with Crippen molar-refractivity contribution in [2.24, 2.45) is 0 Å². The molecule has 1 aliphatic rings. The fourth-order valence-corrected chi connectivity index (χ4v) is 1.57. The molecule has 1 aromatic rings. The van der Waals surface area contributed by atoms with Crippen molar-refractivity contribution in [1.29, 1.82) is 0 Å². The lowest BCUT2D eigenvalue weighted by Crippen LogP contribution is -2.24. The molecule has 0 bridgehead atoms. The van der Waals surface area contributed by atoms with Crippen molar-refractivity contribution in [3.05, 3.63) is 18.2 Å². The monoisotopic (exact) mass is 206 g/mol. The Balaban J connectivity index is 1.94. The minimum absolute atomic E-state index is 0.190. The average molecular weight is 206 g/mol. The van der Waals surface area contributed by atoms with E-state index >= 15 is 0 Å². The molecule has 0 radical (unpaired) electrons. The first-order valence-corrected chi connectivity index (χ1v) is 5.12. The van der Waals surface area contributed by atoms with Gasteiger partial charge in [-0.3, -0.25) is 0 Å². The van der Waals surface area contributed by atoms with E-state index in [2.05, 4.69) is 15.9 Å². The van der Waals surface area contributed by atoms with Gasteiger partial charge in [-0.25, -0.2) is 4.98 Å². The molecule has 0 aliphatic carbocycles. The zero-order valence-electron chi connectivity index (χ0n) is 8.48. The van der Waals surface area contributed by atoms with E-state index in [-0.39, 0.29) is 6.29 Å². The lowest BCUT2D eigenvalue weighted by atomic mass is 10.2. The summed E-state index contributed by atoms with van der Waals surface area (Å²) in [5, 5.41) is 0. The summed E-state index contributed by atoms with van der Waals surface area (Å²) >= 11 is 0. The summed E-state index contributed by atoms with van der Waals surface area (Å²) in [6, 6.07) is 0. The van der Waals surface area contributed by atoms with Gasteiger partial charge < -0.3 is 14.5 Å². The Morgan fingerprint density at radius 1 is 1.67 bits per heavy atom. The number of ether oxygens (including phenoxy) is 2. The fourth-order valence-electron chi connectivity index (χ4n) is 1.57. The molecule has 1 unspecified atom stereocenters. The first-order chi connectivity index (χ1) is 7.40. The van der Waals surface area contributed by atoms with Crippen molar-refractivity contribution in [3.63, 3.8) is 0 Å². The molecule has 1 aliphatic heterocycles. The number of imidazole rings is 1. The summed E-state index contributed by atoms with van der Waals surface area (Å²) in [6.45, 7) is 0.750. The third kappa shape index (κ3) is 2.58. The molecular weight excluding hydrogens is 192 g/mol. The van der Waals surface area contributed by atoms with Crippen LogP contribution in [0, 0.1) is 12.3 Å². The van der Waals surface area contributed by atoms with E-state index in [0.717, 1.165) is 25.9 Å². The van der Waals surface area contributed by atoms with Crippen molar-refractivity contribution in [1.82, 2.24) is 9.97 Å². The maximum atomic E-state index is 5.63. The predicted octanol–water partition coefficient (Wildman–Crippen LogP) is 1.63. The van der Waals surface area contributed by atoms with Crippen LogP contribution in [0.5, 0.6) is 0 Å². The Kier molecular flexibility index (Phi) is 3.38. The zero-order valence-corrected chi connectivity index (χ0v) is 8.48. The van der Waals surface area contributed by atoms with E-state index in [1.165, 1.54) is 0 Å². The highest BCUT2D eigenvalue weighted by molar-refractivity contribution is 5.07. The molecule has 15 heavy (non-hydrogen) atoms. The fraction of sp³-hybridized carbons (Fsp3) is 0.545. The van der Waals surface area contributed by atoms with E-state index in [1.54, 1.807) is 12.4 Å². The van der Waals surface area contributed by atoms with Crippen molar-refractivity contribution >= 4 is 0 Å². The van der Waals surface area contributed by atoms with E-state index in [0.29, 0.717) is 5.82 Å². The van der Waals surface area contributed by atoms with Crippen LogP contribution in [-0.4, -0.2) is 22.9 Å². The van der Waals surface area contributed by atoms with Gasteiger partial charge in [0.1, 0.15) is 5.82 Å². The molecule has 0 aromatic carbocycles. The SMILES string of the molecule is C#C[C@H](OC1CCCCO1)c1ncc[nH]1. The van der Waals surface area contributed by atoms with Crippen molar-refractivity contribution in [3.8, 4) is 12.3 Å². The number of hydrogen-bond acceptors (Lipinski definition) is 3. The highest BCUT2D eigenvalue weighted by atomic mass is 16.7. The summed E-state index contributed by atoms with van der Waals surface area (Å²) in [6.07, 6.45) is 11.3. The first kappa shape index (κ1) is 10.2. The maximum Gasteiger partial charge on any atom is 0.178 e. The van der Waals surface area contributed by atoms with Gasteiger partial charge >= 0.3 is 0 Å². The minimum atomic E-state index is -0.442. The molecule has 2 rings (SSSR count). The second-order valence-electron chi connectivity index (χ2n) is 3.45. The van der Waals surface area contributed by atoms with Crippen molar-refractivity contribution < 1.29 is 9.47 Å². The summed E-state index contributed by atoms with van der Waals surface area (Å²) in [5.41, 5.74) is 0. The van der Waals surface area contributed by atoms with Gasteiger partial charge in [0.25, 0.3) is 0 Å². The van der Waals surface area contributed by atoms with E-state index in [4.69, 9.17) is 15.9 Å². The number of nitrogens with one attached hydrogen (secondary N) is 1. The first-order valence-electron chi connectivity index (χ1n) is 5.12. The summed E-state index contributed by atoms with van der Waals surface area (Å²) in [4.78, 5) is 7.02. The highest BCUT2D eigenvalue weighted by Gasteiger charge is 2.20. The molecule has 0 saturated carbocycles. The van der Waals surface area contributed by atoms with Crippen LogP contribution in [0.25, 0.3) is 0 Å². The van der Waals surface area contributed by atoms with Crippen molar-refractivity contribution in [2.75, 3.05) is 6.61 Å². The lowest BCUT2D eigenvalue weighted by molar-refractivity contribution is -0.179. The molecule has 0 spiro atoms. The van der Waals surface area contributed by atoms with E-state index in [1.807, 2.05) is 0 Å². The van der Waals surface area contributed by atoms with Gasteiger partial charge in [-0.1, -0.05) is 5.92 Å². The van der Waals surface area contributed by atoms with E-state index in [9.17, 15) is 0 Å². The normalized spacial score (nSPS) is 23.3. The van der Waals surface area contributed by atoms with Gasteiger partial charge in [0, 0.05) is 19.0 Å². The van der Waals surface area contributed by atoms with E-state index < -0.39 is 6.10 Å². The Morgan fingerprint density at radius 2 is 2.60 bits per heavy atom. The smallest absolute Gasteiger partial charge is 0.178 e. The van der Waals surface area contributed by atoms with Gasteiger partial charge in [0.15, 0.2) is 12.4 Å². The average Bonchev–Trinajstić information content (AvgIpc) is 2.81. The maximum absolute atomic E-state index is 5.63. The van der Waals surface area contributed by atoms with Crippen LogP contribution >= 0.6 is 0 Å². The van der Waals surface area contributed by atoms with Crippen LogP contribution in [-0.2, 0) is 9.47 Å². The van der Waals surface area contributed by atoms with Crippen LogP contribution in [0.2, 0.25) is 0 Å². The summed E-state index contributed by atoms with van der Waals surface area (Å²) < 4.78 is 11.1. The Bertz CT molecular complexity index is 323. The molecule has 4 heteroatoms.